The van der Waals surface area contributed by atoms with Crippen molar-refractivity contribution in [2.75, 3.05) is 0 Å². The van der Waals surface area contributed by atoms with Crippen molar-refractivity contribution < 1.29 is 18.9 Å². The molecule has 0 unspecified atom stereocenters. The van der Waals surface area contributed by atoms with Gasteiger partial charge in [0.15, 0.2) is 5.78 Å². The monoisotopic (exact) mass is 280 g/mol. The zero-order chi connectivity index (χ0) is 15.0. The fourth-order valence-electron chi connectivity index (χ4n) is 2.02. The van der Waals surface area contributed by atoms with E-state index in [1.807, 2.05) is 0 Å². The van der Waals surface area contributed by atoms with Crippen LogP contribution in [0.3, 0.4) is 0 Å². The van der Waals surface area contributed by atoms with Crippen molar-refractivity contribution in [2.45, 2.75) is 19.9 Å². The van der Waals surface area contributed by atoms with Gasteiger partial charge in [-0.1, -0.05) is 0 Å². The highest BCUT2D eigenvalue weighted by Gasteiger charge is 2.35. The maximum Gasteiger partial charge on any atom is 0.433 e. The summed E-state index contributed by atoms with van der Waals surface area (Å²) in [6, 6.07) is 0.972. The first-order valence-electron chi connectivity index (χ1n) is 5.64. The van der Waals surface area contributed by atoms with Gasteiger partial charge in [0.2, 0.25) is 0 Å². The quantitative estimate of drug-likeness (QED) is 0.367. The summed E-state index contributed by atoms with van der Waals surface area (Å²) in [7, 11) is 0. The summed E-state index contributed by atoms with van der Waals surface area (Å²) >= 11 is 0. The minimum atomic E-state index is -0.895. The zero-order valence-electron chi connectivity index (χ0n) is 10.7. The number of hydrogen-bond donors (Lipinski definition) is 2. The van der Waals surface area contributed by atoms with Crippen LogP contribution in [0.25, 0.3) is 0 Å². The molecule has 3 N–H and O–H groups in total. The molecule has 1 aliphatic heterocycles. The average Bonchev–Trinajstić information content (AvgIpc) is 2.84. The number of carbonyl (C=O) groups is 2. The molecule has 1 aromatic rings. The molecule has 1 atom stereocenters. The fraction of sp³-hybridized carbons (Fsp3) is 0.273. The molecular weight excluding hydrogens is 268 g/mol. The maximum absolute atomic E-state index is 11.7. The van der Waals surface area contributed by atoms with Crippen molar-refractivity contribution in [2.24, 2.45) is 5.84 Å². The molecular formula is C11H12N4O5. The number of nitrogens with zero attached hydrogens (tertiary/aromatic N) is 2. The molecule has 0 bridgehead atoms. The Morgan fingerprint density at radius 2 is 2.20 bits per heavy atom. The number of nitrogens with one attached hydrogen (secondary N) is 1. The summed E-state index contributed by atoms with van der Waals surface area (Å²) in [6.07, 6.45) is 0. The van der Waals surface area contributed by atoms with Crippen molar-refractivity contribution >= 4 is 17.7 Å². The molecule has 9 heteroatoms. The summed E-state index contributed by atoms with van der Waals surface area (Å²) in [4.78, 5) is 33.3. The lowest BCUT2D eigenvalue weighted by molar-refractivity contribution is -0.402. The number of amides is 2. The standard InChI is InChI=1S/C11H12N4O5/c1-5-9(6(2)16)10(13-11(17)14(5)12)7-3-4-8(20-7)15(18)19/h3-4,10H,12H2,1-2H3,(H,13,17)/t10-/m1/s1. The Kier molecular flexibility index (Phi) is 3.28. The van der Waals surface area contributed by atoms with E-state index in [0.717, 1.165) is 11.1 Å². The van der Waals surface area contributed by atoms with Crippen LogP contribution in [0.15, 0.2) is 27.8 Å². The number of urea groups is 1. The van der Waals surface area contributed by atoms with Gasteiger partial charge in [0.05, 0.1) is 6.07 Å². The van der Waals surface area contributed by atoms with E-state index in [2.05, 4.69) is 5.32 Å². The Labute approximate surface area is 113 Å². The number of furan rings is 1. The van der Waals surface area contributed by atoms with Crippen LogP contribution in [0.1, 0.15) is 25.6 Å². The molecule has 0 aromatic carbocycles. The van der Waals surface area contributed by atoms with Crippen molar-refractivity contribution in [3.63, 3.8) is 0 Å². The van der Waals surface area contributed by atoms with E-state index in [9.17, 15) is 19.7 Å². The summed E-state index contributed by atoms with van der Waals surface area (Å²) in [5.41, 5.74) is 0.488. The van der Waals surface area contributed by atoms with Gasteiger partial charge in [0.25, 0.3) is 0 Å². The number of nitrogens with two attached hydrogens (primary N) is 1. The highest BCUT2D eigenvalue weighted by atomic mass is 16.6. The van der Waals surface area contributed by atoms with E-state index in [0.29, 0.717) is 0 Å². The highest BCUT2D eigenvalue weighted by molar-refractivity contribution is 5.98. The molecule has 20 heavy (non-hydrogen) atoms. The third kappa shape index (κ3) is 2.14. The van der Waals surface area contributed by atoms with Gasteiger partial charge in [-0.3, -0.25) is 14.9 Å². The molecule has 2 rings (SSSR count). The van der Waals surface area contributed by atoms with Crippen LogP contribution in [0.2, 0.25) is 0 Å². The number of hydrazine groups is 1. The van der Waals surface area contributed by atoms with Gasteiger partial charge in [0, 0.05) is 11.3 Å². The molecule has 2 amide bonds. The van der Waals surface area contributed by atoms with Gasteiger partial charge >= 0.3 is 11.9 Å². The first-order valence-corrected chi connectivity index (χ1v) is 5.64. The molecule has 0 radical (unpaired) electrons. The van der Waals surface area contributed by atoms with Gasteiger partial charge < -0.3 is 9.73 Å². The summed E-state index contributed by atoms with van der Waals surface area (Å²) < 4.78 is 5.04. The van der Waals surface area contributed by atoms with Crippen molar-refractivity contribution in [1.29, 1.82) is 0 Å². The minimum Gasteiger partial charge on any atom is -0.403 e. The second-order valence-electron chi connectivity index (χ2n) is 4.24. The number of carbonyl (C=O) groups excluding carboxylic acids is 2. The van der Waals surface area contributed by atoms with Gasteiger partial charge in [-0.05, 0) is 19.9 Å². The predicted molar refractivity (Wildman–Crippen MR) is 66.0 cm³/mol. The number of rotatable bonds is 3. The Morgan fingerprint density at radius 1 is 1.55 bits per heavy atom. The van der Waals surface area contributed by atoms with Crippen LogP contribution in [0, 0.1) is 10.1 Å². The number of ketones is 1. The molecule has 106 valence electrons. The normalized spacial score (nSPS) is 19.1. The molecule has 9 nitrogen and oxygen atoms in total. The van der Waals surface area contributed by atoms with E-state index < -0.39 is 22.9 Å². The number of hydrogen-bond acceptors (Lipinski definition) is 6. The van der Waals surface area contributed by atoms with Gasteiger partial charge in [-0.2, -0.15) is 0 Å². The maximum atomic E-state index is 11.7. The van der Waals surface area contributed by atoms with Gasteiger partial charge in [0.1, 0.15) is 16.7 Å². The lowest BCUT2D eigenvalue weighted by Crippen LogP contribution is -2.50. The van der Waals surface area contributed by atoms with E-state index in [1.165, 1.54) is 19.9 Å². The molecule has 1 aromatic heterocycles. The number of Topliss-reactive ketones (excluding diaryl/α,β-unsaturated/α-hetero) is 1. The predicted octanol–water partition coefficient (Wildman–Crippen LogP) is 0.991. The van der Waals surface area contributed by atoms with Crippen molar-refractivity contribution in [3.05, 3.63) is 39.3 Å². The summed E-state index contributed by atoms with van der Waals surface area (Å²) in [6.45, 7) is 2.83. The van der Waals surface area contributed by atoms with E-state index >= 15 is 0 Å². The third-order valence-electron chi connectivity index (χ3n) is 2.98. The Hall–Kier alpha value is -2.68. The third-order valence-corrected chi connectivity index (χ3v) is 2.98. The second kappa shape index (κ2) is 4.78. The van der Waals surface area contributed by atoms with Gasteiger partial charge in [-0.25, -0.2) is 15.6 Å². The lowest BCUT2D eigenvalue weighted by atomic mass is 9.97. The van der Waals surface area contributed by atoms with Crippen LogP contribution in [0.5, 0.6) is 0 Å². The molecule has 1 aliphatic rings. The minimum absolute atomic E-state index is 0.0997. The van der Waals surface area contributed by atoms with Crippen molar-refractivity contribution in [1.82, 2.24) is 10.3 Å². The fourth-order valence-corrected chi connectivity index (χ4v) is 2.02. The molecule has 0 fully saturated rings. The van der Waals surface area contributed by atoms with Gasteiger partial charge in [-0.15, -0.1) is 0 Å². The number of nitro groups is 1. The topological polar surface area (TPSA) is 132 Å². The van der Waals surface area contributed by atoms with Crippen LogP contribution in [0.4, 0.5) is 10.7 Å². The first-order chi connectivity index (χ1) is 9.32. The molecule has 0 saturated heterocycles. The average molecular weight is 280 g/mol. The van der Waals surface area contributed by atoms with Crippen LogP contribution >= 0.6 is 0 Å². The Morgan fingerprint density at radius 3 is 2.70 bits per heavy atom. The molecule has 0 saturated carbocycles. The van der Waals surface area contributed by atoms with Crippen LogP contribution in [-0.4, -0.2) is 21.7 Å². The number of allylic oxidation sites excluding steroid dienone is 1. The van der Waals surface area contributed by atoms with E-state index in [1.54, 1.807) is 0 Å². The van der Waals surface area contributed by atoms with Crippen LogP contribution in [-0.2, 0) is 4.79 Å². The smallest absolute Gasteiger partial charge is 0.403 e. The Bertz CT molecular complexity index is 633. The van der Waals surface area contributed by atoms with E-state index in [-0.39, 0.29) is 22.8 Å². The molecule has 0 spiro atoms. The Balaban J connectivity index is 2.50. The largest absolute Gasteiger partial charge is 0.433 e. The first kappa shape index (κ1) is 13.7. The second-order valence-corrected chi connectivity index (χ2v) is 4.24. The highest BCUT2D eigenvalue weighted by Crippen LogP contribution is 2.32. The van der Waals surface area contributed by atoms with E-state index in [4.69, 9.17) is 10.3 Å². The van der Waals surface area contributed by atoms with Crippen molar-refractivity contribution in [3.8, 4) is 0 Å². The summed E-state index contributed by atoms with van der Waals surface area (Å²) in [5.74, 6) is 4.83. The van der Waals surface area contributed by atoms with Crippen LogP contribution < -0.4 is 11.2 Å². The zero-order valence-corrected chi connectivity index (χ0v) is 10.7. The SMILES string of the molecule is CC(=O)C1=C(C)N(N)C(=O)N[C@@H]1c1ccc([N+](=O)[O-])o1. The lowest BCUT2D eigenvalue weighted by Gasteiger charge is -2.31. The molecule has 2 heterocycles. The molecule has 0 aliphatic carbocycles. The summed E-state index contributed by atoms with van der Waals surface area (Å²) in [5, 5.41) is 13.9.